The lowest BCUT2D eigenvalue weighted by atomic mass is 10.1. The van der Waals surface area contributed by atoms with Crippen LogP contribution in [0.5, 0.6) is 0 Å². The molecule has 0 bridgehead atoms. The molecule has 1 atom stereocenters. The third kappa shape index (κ3) is 6.31. The van der Waals surface area contributed by atoms with Gasteiger partial charge in [0.05, 0.1) is 5.92 Å². The number of carbonyl (C=O) groups is 3. The van der Waals surface area contributed by atoms with E-state index < -0.39 is 0 Å². The number of carbonyl (C=O) groups excluding carboxylic acids is 3. The summed E-state index contributed by atoms with van der Waals surface area (Å²) in [7, 11) is 0. The molecule has 1 aliphatic rings. The average molecular weight is 446 g/mol. The van der Waals surface area contributed by atoms with E-state index in [9.17, 15) is 14.4 Å². The summed E-state index contributed by atoms with van der Waals surface area (Å²) in [4.78, 5) is 38.7. The monoisotopic (exact) mass is 445 g/mol. The minimum absolute atomic E-state index is 0.0294. The molecule has 0 spiro atoms. The van der Waals surface area contributed by atoms with Crippen LogP contribution in [0.3, 0.4) is 0 Å². The van der Waals surface area contributed by atoms with E-state index in [0.29, 0.717) is 47.7 Å². The highest BCUT2D eigenvalue weighted by Crippen LogP contribution is 2.21. The Balaban J connectivity index is 1.51. The average Bonchev–Trinajstić information content (AvgIpc) is 3.37. The van der Waals surface area contributed by atoms with Crippen molar-refractivity contribution in [2.45, 2.75) is 39.7 Å². The summed E-state index contributed by atoms with van der Waals surface area (Å²) in [6, 6.07) is 6.58. The highest BCUT2D eigenvalue weighted by atomic mass is 32.1. The summed E-state index contributed by atoms with van der Waals surface area (Å²) < 4.78 is 5.27. The Labute approximate surface area is 185 Å². The lowest BCUT2D eigenvalue weighted by Gasteiger charge is -2.16. The third-order valence-electron chi connectivity index (χ3n) is 4.90. The molecule has 31 heavy (non-hydrogen) atoms. The summed E-state index contributed by atoms with van der Waals surface area (Å²) in [6.45, 7) is 6.07. The minimum Gasteiger partial charge on any atom is -0.374 e. The van der Waals surface area contributed by atoms with Crippen molar-refractivity contribution in [3.05, 3.63) is 34.8 Å². The summed E-state index contributed by atoms with van der Waals surface area (Å²) >= 11 is 1.26. The standard InChI is InChI=1S/C21H27N5O4S/c1-3-5-10-26-12-15(11-18(26)27)20(29)22-16-8-6-14(7-9-16)19(28)23-21-25-24-17(31-21)13-30-4-2/h6-9,15H,3-5,10-13H2,1-2H3,(H,22,29)(H,23,25,28). The molecule has 9 nitrogen and oxygen atoms in total. The van der Waals surface area contributed by atoms with Crippen molar-refractivity contribution in [1.29, 1.82) is 0 Å². The van der Waals surface area contributed by atoms with Gasteiger partial charge in [-0.1, -0.05) is 24.7 Å². The Bertz CT molecular complexity index is 915. The van der Waals surface area contributed by atoms with Crippen LogP contribution in [0.15, 0.2) is 24.3 Å². The maximum Gasteiger partial charge on any atom is 0.257 e. The van der Waals surface area contributed by atoms with Crippen LogP contribution in [0, 0.1) is 5.92 Å². The van der Waals surface area contributed by atoms with Gasteiger partial charge in [0.1, 0.15) is 11.6 Å². The Morgan fingerprint density at radius 2 is 1.97 bits per heavy atom. The first-order valence-electron chi connectivity index (χ1n) is 10.4. The van der Waals surface area contributed by atoms with Gasteiger partial charge in [-0.3, -0.25) is 19.7 Å². The fourth-order valence-corrected chi connectivity index (χ4v) is 3.86. The number of likely N-dealkylation sites (tertiary alicyclic amines) is 1. The molecule has 10 heteroatoms. The van der Waals surface area contributed by atoms with E-state index >= 15 is 0 Å². The number of anilines is 2. The van der Waals surface area contributed by atoms with E-state index in [4.69, 9.17) is 4.74 Å². The number of hydrogen-bond donors (Lipinski definition) is 2. The van der Waals surface area contributed by atoms with Crippen molar-refractivity contribution >= 4 is 39.9 Å². The SMILES string of the molecule is CCCCN1CC(C(=O)Nc2ccc(C(=O)Nc3nnc(COCC)s3)cc2)CC1=O. The van der Waals surface area contributed by atoms with Gasteiger partial charge in [0, 0.05) is 37.4 Å². The van der Waals surface area contributed by atoms with Crippen molar-refractivity contribution in [1.82, 2.24) is 15.1 Å². The Morgan fingerprint density at radius 3 is 2.68 bits per heavy atom. The molecule has 3 amide bonds. The highest BCUT2D eigenvalue weighted by molar-refractivity contribution is 7.15. The van der Waals surface area contributed by atoms with Crippen molar-refractivity contribution in [3.63, 3.8) is 0 Å². The quantitative estimate of drug-likeness (QED) is 0.581. The smallest absolute Gasteiger partial charge is 0.257 e. The van der Waals surface area contributed by atoms with Gasteiger partial charge in [0.15, 0.2) is 0 Å². The maximum absolute atomic E-state index is 12.5. The number of nitrogens with one attached hydrogen (secondary N) is 2. The van der Waals surface area contributed by atoms with Gasteiger partial charge in [0.2, 0.25) is 16.9 Å². The molecule has 2 aromatic rings. The second-order valence-electron chi connectivity index (χ2n) is 7.25. The largest absolute Gasteiger partial charge is 0.374 e. The van der Waals surface area contributed by atoms with Gasteiger partial charge in [-0.2, -0.15) is 0 Å². The van der Waals surface area contributed by atoms with Gasteiger partial charge in [0.25, 0.3) is 5.91 Å². The van der Waals surface area contributed by atoms with Crippen molar-refractivity contribution in [2.75, 3.05) is 30.3 Å². The Hall–Kier alpha value is -2.85. The molecule has 2 N–H and O–H groups in total. The summed E-state index contributed by atoms with van der Waals surface area (Å²) in [5.41, 5.74) is 1.01. The lowest BCUT2D eigenvalue weighted by Crippen LogP contribution is -2.29. The first-order chi connectivity index (χ1) is 15.0. The molecule has 1 aromatic heterocycles. The Morgan fingerprint density at radius 1 is 1.19 bits per heavy atom. The van der Waals surface area contributed by atoms with Crippen molar-refractivity contribution < 1.29 is 19.1 Å². The highest BCUT2D eigenvalue weighted by Gasteiger charge is 2.33. The number of ether oxygens (including phenoxy) is 1. The van der Waals surface area contributed by atoms with Gasteiger partial charge in [-0.05, 0) is 37.6 Å². The normalized spacial score (nSPS) is 15.9. The van der Waals surface area contributed by atoms with E-state index in [1.165, 1.54) is 11.3 Å². The third-order valence-corrected chi connectivity index (χ3v) is 5.71. The van der Waals surface area contributed by atoms with Crippen LogP contribution in [-0.4, -0.2) is 52.5 Å². The molecule has 166 valence electrons. The number of hydrogen-bond acceptors (Lipinski definition) is 7. The minimum atomic E-state index is -0.351. The van der Waals surface area contributed by atoms with Crippen LogP contribution < -0.4 is 10.6 Å². The molecule has 1 aliphatic heterocycles. The van der Waals surface area contributed by atoms with Crippen molar-refractivity contribution in [3.8, 4) is 0 Å². The predicted octanol–water partition coefficient (Wildman–Crippen LogP) is 2.91. The molecule has 2 heterocycles. The zero-order valence-electron chi connectivity index (χ0n) is 17.7. The molecule has 1 aromatic carbocycles. The molecular weight excluding hydrogens is 418 g/mol. The van der Waals surface area contributed by atoms with Crippen LogP contribution in [0.25, 0.3) is 0 Å². The van der Waals surface area contributed by atoms with E-state index in [0.717, 1.165) is 12.8 Å². The number of aromatic nitrogens is 2. The second kappa shape index (κ2) is 11.0. The number of nitrogens with zero attached hydrogens (tertiary/aromatic N) is 3. The first kappa shape index (κ1) is 22.8. The fourth-order valence-electron chi connectivity index (χ4n) is 3.18. The topological polar surface area (TPSA) is 114 Å². The number of unbranched alkanes of at least 4 members (excludes halogenated alkanes) is 1. The van der Waals surface area contributed by atoms with Gasteiger partial charge in [-0.15, -0.1) is 10.2 Å². The number of rotatable bonds is 10. The molecule has 0 saturated carbocycles. The van der Waals surface area contributed by atoms with E-state index in [-0.39, 0.29) is 30.1 Å². The van der Waals surface area contributed by atoms with E-state index in [1.54, 1.807) is 29.2 Å². The Kier molecular flexibility index (Phi) is 8.07. The molecule has 0 radical (unpaired) electrons. The van der Waals surface area contributed by atoms with Crippen LogP contribution in [0.1, 0.15) is 48.5 Å². The molecule has 1 fully saturated rings. The predicted molar refractivity (Wildman–Crippen MR) is 118 cm³/mol. The number of amides is 3. The zero-order chi connectivity index (χ0) is 22.2. The van der Waals surface area contributed by atoms with E-state index in [2.05, 4.69) is 27.8 Å². The second-order valence-corrected chi connectivity index (χ2v) is 8.32. The van der Waals surface area contributed by atoms with Crippen molar-refractivity contribution in [2.24, 2.45) is 5.92 Å². The summed E-state index contributed by atoms with van der Waals surface area (Å²) in [5, 5.41) is 14.5. The van der Waals surface area contributed by atoms with Crippen LogP contribution in [0.2, 0.25) is 0 Å². The lowest BCUT2D eigenvalue weighted by molar-refractivity contribution is -0.128. The van der Waals surface area contributed by atoms with Crippen LogP contribution in [0.4, 0.5) is 10.8 Å². The van der Waals surface area contributed by atoms with Gasteiger partial charge >= 0.3 is 0 Å². The summed E-state index contributed by atoms with van der Waals surface area (Å²) in [5.74, 6) is -0.817. The molecule has 1 saturated heterocycles. The first-order valence-corrected chi connectivity index (χ1v) is 11.2. The van der Waals surface area contributed by atoms with Gasteiger partial charge < -0.3 is 15.0 Å². The van der Waals surface area contributed by atoms with E-state index in [1.807, 2.05) is 6.92 Å². The van der Waals surface area contributed by atoms with Crippen LogP contribution in [-0.2, 0) is 20.9 Å². The maximum atomic E-state index is 12.5. The fraction of sp³-hybridized carbons (Fsp3) is 0.476. The van der Waals surface area contributed by atoms with Gasteiger partial charge in [-0.25, -0.2) is 0 Å². The zero-order valence-corrected chi connectivity index (χ0v) is 18.5. The number of benzene rings is 1. The molecule has 3 rings (SSSR count). The van der Waals surface area contributed by atoms with Crippen LogP contribution >= 0.6 is 11.3 Å². The summed E-state index contributed by atoms with van der Waals surface area (Å²) in [6.07, 6.45) is 2.19. The molecule has 1 unspecified atom stereocenters. The molecular formula is C21H27N5O4S. The molecule has 0 aliphatic carbocycles.